The number of carbonyl (C=O) groups is 1. The van der Waals surface area contributed by atoms with Gasteiger partial charge < -0.3 is 10.6 Å². The van der Waals surface area contributed by atoms with Crippen molar-refractivity contribution in [2.45, 2.75) is 37.6 Å². The van der Waals surface area contributed by atoms with Gasteiger partial charge in [0.1, 0.15) is 0 Å². The van der Waals surface area contributed by atoms with Gasteiger partial charge in [-0.1, -0.05) is 19.1 Å². The normalized spacial score (nSPS) is 11.7. The minimum Gasteiger partial charge on any atom is -0.354 e. The van der Waals surface area contributed by atoms with E-state index in [1.807, 2.05) is 18.2 Å². The Labute approximate surface area is 131 Å². The Balaban J connectivity index is 2.45. The van der Waals surface area contributed by atoms with Gasteiger partial charge in [-0.2, -0.15) is 5.26 Å². The van der Waals surface area contributed by atoms with E-state index >= 15 is 0 Å². The second kappa shape index (κ2) is 10.3. The highest BCUT2D eigenvalue weighted by atomic mass is 32.2. The van der Waals surface area contributed by atoms with Gasteiger partial charge in [-0.25, -0.2) is 0 Å². The number of nitriles is 1. The molecular weight excluding hydrogens is 282 g/mol. The molecule has 5 heteroatoms. The lowest BCUT2D eigenvalue weighted by molar-refractivity contribution is -0.118. The number of rotatable bonds is 9. The molecule has 2 N–H and O–H groups in total. The molecule has 0 bridgehead atoms. The summed E-state index contributed by atoms with van der Waals surface area (Å²) in [5.74, 6) is 0.351. The number of nitrogens with one attached hydrogen (secondary N) is 2. The minimum atomic E-state index is -0.0298. The first-order valence-corrected chi connectivity index (χ1v) is 8.25. The van der Waals surface area contributed by atoms with Crippen LogP contribution in [0, 0.1) is 11.3 Å². The summed E-state index contributed by atoms with van der Waals surface area (Å²) in [7, 11) is 0. The highest BCUT2D eigenvalue weighted by molar-refractivity contribution is 8.00. The van der Waals surface area contributed by atoms with Gasteiger partial charge >= 0.3 is 0 Å². The first-order chi connectivity index (χ1) is 10.2. The lowest BCUT2D eigenvalue weighted by atomic mass is 10.1. The number of carbonyl (C=O) groups excluding carboxylic acids is 1. The van der Waals surface area contributed by atoms with Crippen molar-refractivity contribution in [3.8, 4) is 6.07 Å². The third-order valence-electron chi connectivity index (χ3n) is 2.99. The van der Waals surface area contributed by atoms with Gasteiger partial charge in [0, 0.05) is 17.5 Å². The third kappa shape index (κ3) is 7.16. The minimum absolute atomic E-state index is 0.0298. The number of hydrogen-bond acceptors (Lipinski definition) is 4. The molecule has 0 aliphatic rings. The maximum absolute atomic E-state index is 11.6. The van der Waals surface area contributed by atoms with Crippen LogP contribution in [0.4, 0.5) is 0 Å². The number of nitrogens with zero attached hydrogens (tertiary/aromatic N) is 1. The molecule has 4 nitrogen and oxygen atoms in total. The van der Waals surface area contributed by atoms with Gasteiger partial charge in [0.25, 0.3) is 0 Å². The van der Waals surface area contributed by atoms with Crippen LogP contribution in [0.1, 0.15) is 38.3 Å². The maximum Gasteiger partial charge on any atom is 0.230 e. The fraction of sp³-hybridized carbons (Fsp3) is 0.500. The van der Waals surface area contributed by atoms with E-state index in [2.05, 4.69) is 36.6 Å². The lowest BCUT2D eigenvalue weighted by Crippen LogP contribution is -2.25. The van der Waals surface area contributed by atoms with Gasteiger partial charge in [0.2, 0.25) is 5.91 Å². The van der Waals surface area contributed by atoms with Crippen LogP contribution in [0.5, 0.6) is 0 Å². The molecule has 0 saturated heterocycles. The van der Waals surface area contributed by atoms with E-state index in [-0.39, 0.29) is 5.91 Å². The molecule has 1 aromatic carbocycles. The predicted octanol–water partition coefficient (Wildman–Crippen LogP) is 2.87. The smallest absolute Gasteiger partial charge is 0.230 e. The summed E-state index contributed by atoms with van der Waals surface area (Å²) in [5, 5.41) is 14.6. The van der Waals surface area contributed by atoms with Crippen LogP contribution in [-0.2, 0) is 4.79 Å². The van der Waals surface area contributed by atoms with Gasteiger partial charge in [-0.3, -0.25) is 4.79 Å². The first kappa shape index (κ1) is 17.5. The Kier molecular flexibility index (Phi) is 8.56. The Morgan fingerprint density at radius 1 is 1.43 bits per heavy atom. The third-order valence-corrected chi connectivity index (χ3v) is 3.98. The first-order valence-electron chi connectivity index (χ1n) is 7.27. The maximum atomic E-state index is 11.6. The van der Waals surface area contributed by atoms with Crippen LogP contribution in [0.15, 0.2) is 29.2 Å². The SMILES string of the molecule is CCCNC(C)c1cccc(SCC(=O)NCCC#N)c1. The van der Waals surface area contributed by atoms with Crippen LogP contribution in [0.25, 0.3) is 0 Å². The summed E-state index contributed by atoms with van der Waals surface area (Å²) in [5.41, 5.74) is 1.23. The van der Waals surface area contributed by atoms with E-state index in [1.54, 1.807) is 0 Å². The van der Waals surface area contributed by atoms with Gasteiger partial charge in [0.05, 0.1) is 18.2 Å². The van der Waals surface area contributed by atoms with E-state index in [9.17, 15) is 4.79 Å². The molecule has 1 atom stereocenters. The fourth-order valence-corrected chi connectivity index (χ4v) is 2.60. The molecule has 0 aliphatic carbocycles. The molecule has 0 saturated carbocycles. The Morgan fingerprint density at radius 2 is 2.24 bits per heavy atom. The number of amides is 1. The Hall–Kier alpha value is -1.51. The van der Waals surface area contributed by atoms with E-state index in [0.29, 0.717) is 24.8 Å². The summed E-state index contributed by atoms with van der Waals surface area (Å²) in [4.78, 5) is 12.7. The number of benzene rings is 1. The van der Waals surface area contributed by atoms with Gasteiger partial charge in [-0.05, 0) is 37.6 Å². The largest absolute Gasteiger partial charge is 0.354 e. The molecule has 1 unspecified atom stereocenters. The monoisotopic (exact) mass is 305 g/mol. The van der Waals surface area contributed by atoms with E-state index < -0.39 is 0 Å². The summed E-state index contributed by atoms with van der Waals surface area (Å²) < 4.78 is 0. The van der Waals surface area contributed by atoms with Crippen molar-refractivity contribution in [3.05, 3.63) is 29.8 Å². The standard InChI is InChI=1S/C16H23N3OS/c1-3-9-18-13(2)14-6-4-7-15(11-14)21-12-16(20)19-10-5-8-17/h4,6-7,11,13,18H,3,5,9-10,12H2,1-2H3,(H,19,20). The molecule has 0 radical (unpaired) electrons. The highest BCUT2D eigenvalue weighted by Gasteiger charge is 2.06. The van der Waals surface area contributed by atoms with Gasteiger partial charge in [-0.15, -0.1) is 11.8 Å². The topological polar surface area (TPSA) is 64.9 Å². The second-order valence-corrected chi connectivity index (χ2v) is 5.84. The van der Waals surface area contributed by atoms with E-state index in [0.717, 1.165) is 17.9 Å². The second-order valence-electron chi connectivity index (χ2n) is 4.80. The van der Waals surface area contributed by atoms with Crippen molar-refractivity contribution in [1.82, 2.24) is 10.6 Å². The van der Waals surface area contributed by atoms with Crippen molar-refractivity contribution in [3.63, 3.8) is 0 Å². The molecule has 0 spiro atoms. The van der Waals surface area contributed by atoms with E-state index in [1.165, 1.54) is 17.3 Å². The zero-order chi connectivity index (χ0) is 15.5. The van der Waals surface area contributed by atoms with Crippen LogP contribution >= 0.6 is 11.8 Å². The molecule has 1 amide bonds. The predicted molar refractivity (Wildman–Crippen MR) is 87.1 cm³/mol. The molecule has 114 valence electrons. The van der Waals surface area contributed by atoms with Crippen molar-refractivity contribution >= 4 is 17.7 Å². The van der Waals surface area contributed by atoms with Crippen LogP contribution in [0.3, 0.4) is 0 Å². The van der Waals surface area contributed by atoms with Crippen LogP contribution < -0.4 is 10.6 Å². The molecule has 0 aliphatic heterocycles. The van der Waals surface area contributed by atoms with Crippen molar-refractivity contribution in [2.75, 3.05) is 18.8 Å². The molecule has 1 aromatic rings. The summed E-state index contributed by atoms with van der Waals surface area (Å²) in [6.45, 7) is 5.72. The molecule has 0 aromatic heterocycles. The summed E-state index contributed by atoms with van der Waals surface area (Å²) in [6, 6.07) is 10.6. The molecule has 21 heavy (non-hydrogen) atoms. The van der Waals surface area contributed by atoms with Crippen molar-refractivity contribution in [1.29, 1.82) is 5.26 Å². The average molecular weight is 305 g/mol. The molecule has 1 rings (SSSR count). The molecule has 0 fully saturated rings. The number of thioether (sulfide) groups is 1. The zero-order valence-electron chi connectivity index (χ0n) is 12.7. The highest BCUT2D eigenvalue weighted by Crippen LogP contribution is 2.22. The Bertz CT molecular complexity index is 485. The average Bonchev–Trinajstić information content (AvgIpc) is 2.51. The fourth-order valence-electron chi connectivity index (χ4n) is 1.81. The molecule has 0 heterocycles. The van der Waals surface area contributed by atoms with Crippen LogP contribution in [-0.4, -0.2) is 24.7 Å². The van der Waals surface area contributed by atoms with Gasteiger partial charge in [0.15, 0.2) is 0 Å². The Morgan fingerprint density at radius 3 is 2.95 bits per heavy atom. The van der Waals surface area contributed by atoms with Crippen molar-refractivity contribution < 1.29 is 4.79 Å². The quantitative estimate of drug-likeness (QED) is 0.544. The molecular formula is C16H23N3OS. The summed E-state index contributed by atoms with van der Waals surface area (Å²) >= 11 is 1.52. The van der Waals surface area contributed by atoms with Crippen LogP contribution in [0.2, 0.25) is 0 Å². The zero-order valence-corrected chi connectivity index (χ0v) is 13.5. The van der Waals surface area contributed by atoms with Crippen molar-refractivity contribution in [2.24, 2.45) is 0 Å². The lowest BCUT2D eigenvalue weighted by Gasteiger charge is -2.14. The summed E-state index contributed by atoms with van der Waals surface area (Å²) in [6.07, 6.45) is 1.47. The number of hydrogen-bond donors (Lipinski definition) is 2. The van der Waals surface area contributed by atoms with E-state index in [4.69, 9.17) is 5.26 Å².